The number of fused-ring (bicyclic) bond motifs is 7. The lowest BCUT2D eigenvalue weighted by Crippen LogP contribution is -2.06. The van der Waals surface area contributed by atoms with Crippen molar-refractivity contribution in [2.45, 2.75) is 0 Å². The van der Waals surface area contributed by atoms with Crippen molar-refractivity contribution in [2.24, 2.45) is 0 Å². The van der Waals surface area contributed by atoms with Crippen LogP contribution in [-0.2, 0) is 0 Å². The molecule has 0 atom stereocenters. The summed E-state index contributed by atoms with van der Waals surface area (Å²) >= 11 is 0. The van der Waals surface area contributed by atoms with E-state index in [1.807, 2.05) is 0 Å². The van der Waals surface area contributed by atoms with Gasteiger partial charge in [-0.25, -0.2) is 4.98 Å². The summed E-state index contributed by atoms with van der Waals surface area (Å²) in [5.41, 5.74) is -2.59. The summed E-state index contributed by atoms with van der Waals surface area (Å²) in [6, 6.07) is -0.711. The van der Waals surface area contributed by atoms with Crippen molar-refractivity contribution < 1.29 is 31.5 Å². The minimum absolute atomic E-state index is 0.244. The molecule has 5 nitrogen and oxygen atoms in total. The molecule has 0 aliphatic heterocycles. The molecule has 5 heteroatoms. The minimum Gasteiger partial charge on any atom is -0.309 e. The lowest BCUT2D eigenvalue weighted by molar-refractivity contribution is 0.953. The Balaban J connectivity index is 1.30. The maximum Gasteiger partial charge on any atom is 0.238 e. The van der Waals surface area contributed by atoms with E-state index in [4.69, 9.17) is 36.0 Å². The van der Waals surface area contributed by atoms with Crippen LogP contribution in [0.5, 0.6) is 0 Å². The van der Waals surface area contributed by atoms with E-state index in [2.05, 4.69) is 4.98 Å². The predicted octanol–water partition coefficient (Wildman–Crippen LogP) is 12.7. The molecule has 0 saturated carbocycles. The molecule has 11 rings (SSSR count). The maximum atomic E-state index is 9.78. The number of nitrogens with zero attached hydrogens (tertiary/aromatic N) is 5. The molecular formula is C51H33N5. The Morgan fingerprint density at radius 1 is 0.375 bits per heavy atom. The van der Waals surface area contributed by atoms with Gasteiger partial charge in [0.05, 0.1) is 53.6 Å². The number of hydrogen-bond donors (Lipinski definition) is 0. The van der Waals surface area contributed by atoms with Gasteiger partial charge in [-0.2, -0.15) is 9.97 Å². The second-order valence-corrected chi connectivity index (χ2v) is 12.3. The molecule has 0 aliphatic rings. The molecule has 0 aliphatic carbocycles. The number of hydrogen-bond acceptors (Lipinski definition) is 3. The van der Waals surface area contributed by atoms with Gasteiger partial charge in [0.2, 0.25) is 5.95 Å². The highest BCUT2D eigenvalue weighted by molar-refractivity contribution is 6.26. The van der Waals surface area contributed by atoms with Crippen molar-refractivity contribution in [1.82, 2.24) is 24.1 Å². The Morgan fingerprint density at radius 2 is 0.911 bits per heavy atom. The number of rotatable bonds is 6. The summed E-state index contributed by atoms with van der Waals surface area (Å²) in [6.45, 7) is 0. The van der Waals surface area contributed by atoms with Crippen molar-refractivity contribution in [3.8, 4) is 56.7 Å². The second kappa shape index (κ2) is 13.0. The van der Waals surface area contributed by atoms with Crippen LogP contribution in [0.2, 0.25) is 0 Å². The van der Waals surface area contributed by atoms with E-state index in [0.29, 0.717) is 32.6 Å². The molecule has 0 bridgehead atoms. The zero-order valence-corrected chi connectivity index (χ0v) is 28.5. The van der Waals surface area contributed by atoms with Crippen LogP contribution >= 0.6 is 0 Å². The summed E-state index contributed by atoms with van der Waals surface area (Å²) in [6.07, 6.45) is 0. The van der Waals surface area contributed by atoms with E-state index >= 15 is 0 Å². The molecular weight excluding hydrogens is 683 g/mol. The number of para-hydroxylation sites is 2. The molecule has 0 radical (unpaired) electrons. The average molecular weight is 739 g/mol. The summed E-state index contributed by atoms with van der Waals surface area (Å²) in [5.74, 6) is -1.62. The van der Waals surface area contributed by atoms with Crippen LogP contribution in [0.3, 0.4) is 0 Å². The predicted molar refractivity (Wildman–Crippen MR) is 230 cm³/mol. The third-order valence-corrected chi connectivity index (χ3v) is 9.20. The highest BCUT2D eigenvalue weighted by atomic mass is 15.2. The monoisotopic (exact) mass is 738 g/mol. The van der Waals surface area contributed by atoms with Gasteiger partial charge in [-0.3, -0.25) is 4.57 Å². The Morgan fingerprint density at radius 3 is 1.61 bits per heavy atom. The fourth-order valence-electron chi connectivity index (χ4n) is 6.91. The fraction of sp³-hybridized carbons (Fsp3) is 0. The Labute approximate surface area is 355 Å². The largest absolute Gasteiger partial charge is 0.309 e. The first-order chi connectivity index (χ1) is 37.3. The van der Waals surface area contributed by atoms with Gasteiger partial charge < -0.3 is 4.57 Å². The molecule has 0 spiro atoms. The standard InChI is InChI=1S/C51H33N5/c1-4-16-34(17-5-1)37-22-14-24-39(32-37)50-52-49(36-20-8-3-9-21-36)53-51(54-50)56-45-29-13-11-27-43(45)47-46(56)31-30-42-41-26-10-12-28-44(41)55(48(42)47)40-25-15-23-38(33-40)35-18-6-2-7-19-35/h1-33H/i1D,2D,3D,4D,5D,6D,7D,8D,9D,14D,15D,16D,17D,18D,19D,20D,21D,22D,23D,24D,25D,32D,33D. The van der Waals surface area contributed by atoms with Gasteiger partial charge in [0.15, 0.2) is 11.6 Å². The Hall–Kier alpha value is -7.63. The number of aromatic nitrogens is 5. The fourth-order valence-corrected chi connectivity index (χ4v) is 6.91. The van der Waals surface area contributed by atoms with Gasteiger partial charge in [-0.15, -0.1) is 0 Å². The SMILES string of the molecule is [2H]c1c([2H])c([2H])c(-c2nc(-c3c([2H])c([2H])c([2H])c(-c4c([2H])c([2H])c([2H])c([2H])c4[2H])c3[2H])nc(-n3c4ccccc4c4c3ccc3c5ccccc5n(-c5c([2H])c([2H])c([2H])c(-c6c([2H])c([2H])c([2H])c([2H])c6[2H])c5[2H])c34)n2)c([2H])c1[2H]. The molecule has 262 valence electrons. The van der Waals surface area contributed by atoms with E-state index < -0.39 is 184 Å². The Bertz CT molecular complexity index is 4520. The highest BCUT2D eigenvalue weighted by Crippen LogP contribution is 2.42. The Kier molecular flexibility index (Phi) is 3.82. The van der Waals surface area contributed by atoms with Crippen molar-refractivity contribution >= 4 is 43.6 Å². The van der Waals surface area contributed by atoms with Gasteiger partial charge in [-0.05, 0) is 58.6 Å². The molecule has 3 heterocycles. The van der Waals surface area contributed by atoms with E-state index in [0.717, 1.165) is 0 Å². The van der Waals surface area contributed by atoms with Crippen LogP contribution in [0.4, 0.5) is 0 Å². The molecule has 11 aromatic rings. The normalized spacial score (nSPS) is 17.3. The van der Waals surface area contributed by atoms with Crippen LogP contribution in [-0.4, -0.2) is 24.1 Å². The smallest absolute Gasteiger partial charge is 0.238 e. The van der Waals surface area contributed by atoms with Crippen molar-refractivity contribution in [2.75, 3.05) is 0 Å². The topological polar surface area (TPSA) is 48.5 Å². The van der Waals surface area contributed by atoms with Crippen LogP contribution in [0.1, 0.15) is 31.5 Å². The first-order valence-electron chi connectivity index (χ1n) is 28.5. The maximum absolute atomic E-state index is 9.78. The lowest BCUT2D eigenvalue weighted by Gasteiger charge is -2.12. The van der Waals surface area contributed by atoms with Crippen LogP contribution < -0.4 is 0 Å². The van der Waals surface area contributed by atoms with E-state index in [-0.39, 0.29) is 22.7 Å². The molecule has 0 N–H and O–H groups in total. The summed E-state index contributed by atoms with van der Waals surface area (Å²) < 4.78 is 205. The quantitative estimate of drug-likeness (QED) is 0.171. The first-order valence-corrected chi connectivity index (χ1v) is 17.0. The molecule has 0 amide bonds. The summed E-state index contributed by atoms with van der Waals surface area (Å²) in [4.78, 5) is 14.0. The third-order valence-electron chi connectivity index (χ3n) is 9.20. The summed E-state index contributed by atoms with van der Waals surface area (Å²) in [7, 11) is 0. The van der Waals surface area contributed by atoms with Gasteiger partial charge >= 0.3 is 0 Å². The molecule has 0 fully saturated rings. The van der Waals surface area contributed by atoms with Gasteiger partial charge in [-0.1, -0.05) is 163 Å². The molecule has 3 aromatic heterocycles. The molecule has 8 aromatic carbocycles. The minimum atomic E-state index is -0.877. The highest BCUT2D eigenvalue weighted by Gasteiger charge is 2.23. The molecule has 0 saturated heterocycles. The van der Waals surface area contributed by atoms with Gasteiger partial charge in [0, 0.05) is 38.4 Å². The average Bonchev–Trinajstić information content (AvgIpc) is 3.14. The van der Waals surface area contributed by atoms with Crippen molar-refractivity contribution in [1.29, 1.82) is 0 Å². The lowest BCUT2D eigenvalue weighted by atomic mass is 10.0. The van der Waals surface area contributed by atoms with Gasteiger partial charge in [0.1, 0.15) is 0 Å². The number of benzene rings is 8. The van der Waals surface area contributed by atoms with Crippen LogP contribution in [0, 0.1) is 0 Å². The van der Waals surface area contributed by atoms with E-state index in [1.54, 1.807) is 60.7 Å². The van der Waals surface area contributed by atoms with Crippen LogP contribution in [0.15, 0.2) is 200 Å². The zero-order valence-electron chi connectivity index (χ0n) is 51.5. The van der Waals surface area contributed by atoms with Crippen LogP contribution in [0.25, 0.3) is 100 Å². The molecule has 56 heavy (non-hydrogen) atoms. The second-order valence-electron chi connectivity index (χ2n) is 12.3. The molecule has 0 unspecified atom stereocenters. The first kappa shape index (κ1) is 16.4. The van der Waals surface area contributed by atoms with Crippen molar-refractivity contribution in [3.63, 3.8) is 0 Å². The van der Waals surface area contributed by atoms with Gasteiger partial charge in [0.25, 0.3) is 0 Å². The van der Waals surface area contributed by atoms with Crippen molar-refractivity contribution in [3.05, 3.63) is 200 Å². The van der Waals surface area contributed by atoms with E-state index in [9.17, 15) is 5.48 Å². The zero-order chi connectivity index (χ0) is 57.0. The third kappa shape index (κ3) is 5.21. The van der Waals surface area contributed by atoms with E-state index in [1.165, 1.54) is 9.13 Å². The summed E-state index contributed by atoms with van der Waals surface area (Å²) in [5, 5.41) is 1.88.